The first-order valence-electron chi connectivity index (χ1n) is 6.01. The summed E-state index contributed by atoms with van der Waals surface area (Å²) < 4.78 is 32.0. The van der Waals surface area contributed by atoms with E-state index in [1.165, 1.54) is 0 Å². The number of rotatable bonds is 4. The lowest BCUT2D eigenvalue weighted by Crippen LogP contribution is -1.99. The standard InChI is InChI=1S/C15H14F2O2/c1-2-13(18)11-5-3-4-6-14(11)19-15-9-10(16)7-8-12(15)17/h3-9,13,18H,2H2,1H3. The van der Waals surface area contributed by atoms with E-state index in [2.05, 4.69) is 0 Å². The van der Waals surface area contributed by atoms with Crippen molar-refractivity contribution in [1.82, 2.24) is 0 Å². The number of halogens is 2. The van der Waals surface area contributed by atoms with Gasteiger partial charge in [0.2, 0.25) is 0 Å². The van der Waals surface area contributed by atoms with Crippen molar-refractivity contribution in [3.05, 3.63) is 59.7 Å². The van der Waals surface area contributed by atoms with Crippen LogP contribution in [0, 0.1) is 11.6 Å². The molecule has 0 aromatic heterocycles. The highest BCUT2D eigenvalue weighted by Crippen LogP contribution is 2.32. The number of aliphatic hydroxyl groups excluding tert-OH is 1. The third-order valence-corrected chi connectivity index (χ3v) is 2.78. The van der Waals surface area contributed by atoms with E-state index in [0.717, 1.165) is 18.2 Å². The molecule has 2 nitrogen and oxygen atoms in total. The van der Waals surface area contributed by atoms with Gasteiger partial charge in [-0.15, -0.1) is 0 Å². The Balaban J connectivity index is 2.35. The van der Waals surface area contributed by atoms with Crippen LogP contribution in [0.4, 0.5) is 8.78 Å². The summed E-state index contributed by atoms with van der Waals surface area (Å²) in [6, 6.07) is 9.77. The van der Waals surface area contributed by atoms with Crippen molar-refractivity contribution in [3.63, 3.8) is 0 Å². The van der Waals surface area contributed by atoms with E-state index in [1.54, 1.807) is 24.3 Å². The molecule has 0 heterocycles. The summed E-state index contributed by atoms with van der Waals surface area (Å²) in [6.45, 7) is 1.82. The van der Waals surface area contributed by atoms with Crippen molar-refractivity contribution in [2.75, 3.05) is 0 Å². The van der Waals surface area contributed by atoms with E-state index >= 15 is 0 Å². The Morgan fingerprint density at radius 1 is 1.11 bits per heavy atom. The van der Waals surface area contributed by atoms with Crippen LogP contribution in [0.3, 0.4) is 0 Å². The Kier molecular flexibility index (Phi) is 4.12. The monoisotopic (exact) mass is 264 g/mol. The maximum atomic E-state index is 13.5. The Morgan fingerprint density at radius 3 is 2.58 bits per heavy atom. The molecule has 0 aliphatic rings. The fourth-order valence-electron chi connectivity index (χ4n) is 1.74. The van der Waals surface area contributed by atoms with Crippen molar-refractivity contribution < 1.29 is 18.6 Å². The van der Waals surface area contributed by atoms with Crippen molar-refractivity contribution in [2.24, 2.45) is 0 Å². The van der Waals surface area contributed by atoms with Gasteiger partial charge in [0.25, 0.3) is 0 Å². The molecule has 100 valence electrons. The molecular weight excluding hydrogens is 250 g/mol. The molecule has 0 saturated carbocycles. The average molecular weight is 264 g/mol. The van der Waals surface area contributed by atoms with Gasteiger partial charge in [0.1, 0.15) is 11.6 Å². The molecule has 19 heavy (non-hydrogen) atoms. The molecule has 1 atom stereocenters. The van der Waals surface area contributed by atoms with Gasteiger partial charge in [-0.2, -0.15) is 0 Å². The number of benzene rings is 2. The highest BCUT2D eigenvalue weighted by atomic mass is 19.1. The maximum Gasteiger partial charge on any atom is 0.165 e. The van der Waals surface area contributed by atoms with Crippen molar-refractivity contribution >= 4 is 0 Å². The summed E-state index contributed by atoms with van der Waals surface area (Å²) in [6.07, 6.45) is -0.195. The Bertz CT molecular complexity index is 570. The summed E-state index contributed by atoms with van der Waals surface area (Å²) in [5.74, 6) is -1.11. The van der Waals surface area contributed by atoms with Crippen LogP contribution in [-0.4, -0.2) is 5.11 Å². The summed E-state index contributed by atoms with van der Waals surface area (Å²) in [5.41, 5.74) is 0.550. The lowest BCUT2D eigenvalue weighted by Gasteiger charge is -2.15. The third-order valence-electron chi connectivity index (χ3n) is 2.78. The highest BCUT2D eigenvalue weighted by molar-refractivity contribution is 5.39. The number of para-hydroxylation sites is 1. The highest BCUT2D eigenvalue weighted by Gasteiger charge is 2.13. The molecule has 0 aliphatic heterocycles. The van der Waals surface area contributed by atoms with E-state index in [4.69, 9.17) is 4.74 Å². The second-order valence-electron chi connectivity index (χ2n) is 4.14. The summed E-state index contributed by atoms with van der Waals surface area (Å²) in [7, 11) is 0. The van der Waals surface area contributed by atoms with Crippen LogP contribution >= 0.6 is 0 Å². The van der Waals surface area contributed by atoms with Gasteiger partial charge in [0.05, 0.1) is 6.10 Å². The molecule has 1 unspecified atom stereocenters. The van der Waals surface area contributed by atoms with Crippen LogP contribution in [-0.2, 0) is 0 Å². The predicted octanol–water partition coefficient (Wildman–Crippen LogP) is 4.20. The molecule has 0 aliphatic carbocycles. The van der Waals surface area contributed by atoms with Crippen LogP contribution < -0.4 is 4.74 Å². The fraction of sp³-hybridized carbons (Fsp3) is 0.200. The second-order valence-corrected chi connectivity index (χ2v) is 4.14. The molecule has 0 saturated heterocycles. The normalized spacial score (nSPS) is 12.2. The van der Waals surface area contributed by atoms with E-state index in [9.17, 15) is 13.9 Å². The van der Waals surface area contributed by atoms with Gasteiger partial charge in [0.15, 0.2) is 11.6 Å². The van der Waals surface area contributed by atoms with E-state index in [0.29, 0.717) is 17.7 Å². The molecule has 0 radical (unpaired) electrons. The minimum absolute atomic E-state index is 0.198. The lowest BCUT2D eigenvalue weighted by molar-refractivity contribution is 0.170. The minimum atomic E-state index is -0.701. The summed E-state index contributed by atoms with van der Waals surface area (Å²) in [5, 5.41) is 9.86. The van der Waals surface area contributed by atoms with Crippen molar-refractivity contribution in [2.45, 2.75) is 19.4 Å². The van der Waals surface area contributed by atoms with Gasteiger partial charge in [-0.25, -0.2) is 8.78 Å². The molecule has 2 aromatic rings. The first-order chi connectivity index (χ1) is 9.11. The van der Waals surface area contributed by atoms with Gasteiger partial charge in [-0.3, -0.25) is 0 Å². The van der Waals surface area contributed by atoms with Crippen molar-refractivity contribution in [3.8, 4) is 11.5 Å². The molecule has 0 fully saturated rings. The number of aliphatic hydroxyl groups is 1. The number of hydrogen-bond acceptors (Lipinski definition) is 2. The first kappa shape index (κ1) is 13.5. The average Bonchev–Trinajstić information content (AvgIpc) is 2.42. The molecule has 0 amide bonds. The second kappa shape index (κ2) is 5.80. The predicted molar refractivity (Wildman–Crippen MR) is 68.1 cm³/mol. The topological polar surface area (TPSA) is 29.5 Å². The van der Waals surface area contributed by atoms with Gasteiger partial charge in [-0.05, 0) is 24.6 Å². The molecule has 4 heteroatoms. The van der Waals surface area contributed by atoms with Crippen LogP contribution in [0.1, 0.15) is 25.0 Å². The van der Waals surface area contributed by atoms with E-state index in [-0.39, 0.29) is 5.75 Å². The lowest BCUT2D eigenvalue weighted by atomic mass is 10.1. The third kappa shape index (κ3) is 3.09. The minimum Gasteiger partial charge on any atom is -0.454 e. The fourth-order valence-corrected chi connectivity index (χ4v) is 1.74. The molecule has 2 aromatic carbocycles. The Morgan fingerprint density at radius 2 is 1.84 bits per heavy atom. The van der Waals surface area contributed by atoms with Crippen LogP contribution in [0.25, 0.3) is 0 Å². The quantitative estimate of drug-likeness (QED) is 0.896. The van der Waals surface area contributed by atoms with Gasteiger partial charge in [-0.1, -0.05) is 25.1 Å². The Hall–Kier alpha value is -1.94. The molecule has 0 spiro atoms. The summed E-state index contributed by atoms with van der Waals surface area (Å²) in [4.78, 5) is 0. The smallest absolute Gasteiger partial charge is 0.165 e. The Labute approximate surface area is 110 Å². The maximum absolute atomic E-state index is 13.5. The SMILES string of the molecule is CCC(O)c1ccccc1Oc1cc(F)ccc1F. The molecule has 0 bridgehead atoms. The number of hydrogen-bond donors (Lipinski definition) is 1. The van der Waals surface area contributed by atoms with Gasteiger partial charge >= 0.3 is 0 Å². The number of ether oxygens (including phenoxy) is 1. The largest absolute Gasteiger partial charge is 0.454 e. The van der Waals surface area contributed by atoms with Crippen LogP contribution in [0.15, 0.2) is 42.5 Å². The van der Waals surface area contributed by atoms with E-state index in [1.807, 2.05) is 6.92 Å². The van der Waals surface area contributed by atoms with Crippen molar-refractivity contribution in [1.29, 1.82) is 0 Å². The zero-order chi connectivity index (χ0) is 13.8. The zero-order valence-corrected chi connectivity index (χ0v) is 10.4. The van der Waals surface area contributed by atoms with Crippen LogP contribution in [0.2, 0.25) is 0 Å². The van der Waals surface area contributed by atoms with Crippen LogP contribution in [0.5, 0.6) is 11.5 Å². The molecule has 2 rings (SSSR count). The molecule has 1 N–H and O–H groups in total. The van der Waals surface area contributed by atoms with E-state index < -0.39 is 17.7 Å². The molecular formula is C15H14F2O2. The van der Waals surface area contributed by atoms with Gasteiger partial charge < -0.3 is 9.84 Å². The van der Waals surface area contributed by atoms with Gasteiger partial charge in [0, 0.05) is 11.6 Å². The summed E-state index contributed by atoms with van der Waals surface area (Å²) >= 11 is 0. The zero-order valence-electron chi connectivity index (χ0n) is 10.4. The first-order valence-corrected chi connectivity index (χ1v) is 6.01.